The maximum atomic E-state index is 12.5. The molecule has 3 aromatic carbocycles. The minimum Gasteiger partial charge on any atom is -0.322 e. The van der Waals surface area contributed by atoms with Crippen LogP contribution in [0.15, 0.2) is 78.9 Å². The lowest BCUT2D eigenvalue weighted by molar-refractivity contribution is 0.102. The molecule has 0 unspecified atom stereocenters. The second-order valence-corrected chi connectivity index (χ2v) is 9.31. The minimum absolute atomic E-state index is 0.0653. The number of amides is 1. The van der Waals surface area contributed by atoms with Crippen molar-refractivity contribution in [3.8, 4) is 0 Å². The van der Waals surface area contributed by atoms with Gasteiger partial charge in [0.05, 0.1) is 0 Å². The summed E-state index contributed by atoms with van der Waals surface area (Å²) in [7, 11) is 0. The molecule has 1 N–H and O–H groups in total. The first-order valence-corrected chi connectivity index (χ1v) is 11.7. The maximum Gasteiger partial charge on any atom is 0.255 e. The summed E-state index contributed by atoms with van der Waals surface area (Å²) in [6.07, 6.45) is 3.70. The Hall–Kier alpha value is -2.18. The molecule has 1 saturated heterocycles. The van der Waals surface area contributed by atoms with Gasteiger partial charge in [0.15, 0.2) is 0 Å². The van der Waals surface area contributed by atoms with E-state index >= 15 is 0 Å². The van der Waals surface area contributed by atoms with Crippen LogP contribution >= 0.6 is 22.6 Å². The predicted octanol–water partition coefficient (Wildman–Crippen LogP) is 6.00. The molecule has 1 aliphatic heterocycles. The van der Waals surface area contributed by atoms with Gasteiger partial charge in [-0.25, -0.2) is 0 Å². The van der Waals surface area contributed by atoms with Crippen molar-refractivity contribution in [3.05, 3.63) is 99.1 Å². The van der Waals surface area contributed by atoms with Gasteiger partial charge in [-0.15, -0.1) is 0 Å². The van der Waals surface area contributed by atoms with E-state index in [9.17, 15) is 4.79 Å². The Labute approximate surface area is 192 Å². The molecule has 3 aromatic rings. The highest BCUT2D eigenvalue weighted by Crippen LogP contribution is 2.23. The highest BCUT2D eigenvalue weighted by atomic mass is 127. The number of hydrogen-bond donors (Lipinski definition) is 1. The quantitative estimate of drug-likeness (QED) is 0.413. The molecule has 30 heavy (non-hydrogen) atoms. The lowest BCUT2D eigenvalue weighted by atomic mass is 9.90. The summed E-state index contributed by atoms with van der Waals surface area (Å²) >= 11 is 2.26. The van der Waals surface area contributed by atoms with Crippen LogP contribution in [0.1, 0.15) is 34.3 Å². The van der Waals surface area contributed by atoms with E-state index in [1.165, 1.54) is 30.4 Å². The molecular weight excluding hydrogens is 483 g/mol. The SMILES string of the molecule is O=C(Nc1ccc(I)cc1)c1ccc(CN2CCC(Cc3ccccc3)CC2)cc1. The number of likely N-dealkylation sites (tertiary alicyclic amines) is 1. The van der Waals surface area contributed by atoms with Crippen molar-refractivity contribution in [2.45, 2.75) is 25.8 Å². The molecule has 3 nitrogen and oxygen atoms in total. The molecule has 0 radical (unpaired) electrons. The van der Waals surface area contributed by atoms with Crippen molar-refractivity contribution in [2.75, 3.05) is 18.4 Å². The van der Waals surface area contributed by atoms with Gasteiger partial charge in [0.1, 0.15) is 0 Å². The van der Waals surface area contributed by atoms with Crippen molar-refractivity contribution in [2.24, 2.45) is 5.92 Å². The summed E-state index contributed by atoms with van der Waals surface area (Å²) in [6, 6.07) is 26.7. The summed E-state index contributed by atoms with van der Waals surface area (Å²) in [5.41, 5.74) is 4.24. The molecule has 4 rings (SSSR count). The van der Waals surface area contributed by atoms with Crippen molar-refractivity contribution >= 4 is 34.2 Å². The first kappa shape index (κ1) is 21.1. The van der Waals surface area contributed by atoms with Gasteiger partial charge < -0.3 is 5.32 Å². The predicted molar refractivity (Wildman–Crippen MR) is 132 cm³/mol. The Morgan fingerprint density at radius 2 is 1.53 bits per heavy atom. The highest BCUT2D eigenvalue weighted by Gasteiger charge is 2.19. The number of halogens is 1. The number of rotatable bonds is 6. The smallest absolute Gasteiger partial charge is 0.255 e. The molecule has 0 aliphatic carbocycles. The van der Waals surface area contributed by atoms with Gasteiger partial charge in [0.25, 0.3) is 5.91 Å². The number of carbonyl (C=O) groups excluding carboxylic acids is 1. The van der Waals surface area contributed by atoms with Crippen LogP contribution in [0.3, 0.4) is 0 Å². The number of piperidine rings is 1. The molecular formula is C26H27IN2O. The van der Waals surface area contributed by atoms with Crippen LogP contribution in [0, 0.1) is 9.49 Å². The number of hydrogen-bond acceptors (Lipinski definition) is 2. The van der Waals surface area contributed by atoms with Crippen molar-refractivity contribution in [1.29, 1.82) is 0 Å². The third kappa shape index (κ3) is 5.92. The molecule has 1 aliphatic rings. The summed E-state index contributed by atoms with van der Waals surface area (Å²) in [4.78, 5) is 15.0. The van der Waals surface area contributed by atoms with E-state index in [0.717, 1.165) is 34.8 Å². The number of benzene rings is 3. The molecule has 4 heteroatoms. The average Bonchev–Trinajstić information content (AvgIpc) is 2.78. The Balaban J connectivity index is 1.25. The first-order valence-electron chi connectivity index (χ1n) is 10.6. The monoisotopic (exact) mass is 510 g/mol. The van der Waals surface area contributed by atoms with E-state index in [-0.39, 0.29) is 5.91 Å². The molecule has 1 heterocycles. The van der Waals surface area contributed by atoms with Crippen LogP contribution in [-0.4, -0.2) is 23.9 Å². The molecule has 1 amide bonds. The van der Waals surface area contributed by atoms with Crippen LogP contribution in [0.2, 0.25) is 0 Å². The number of nitrogens with one attached hydrogen (secondary N) is 1. The largest absolute Gasteiger partial charge is 0.322 e. The van der Waals surface area contributed by atoms with Crippen molar-refractivity contribution in [3.63, 3.8) is 0 Å². The van der Waals surface area contributed by atoms with Crippen LogP contribution in [0.5, 0.6) is 0 Å². The van der Waals surface area contributed by atoms with Gasteiger partial charge in [-0.2, -0.15) is 0 Å². The zero-order valence-corrected chi connectivity index (χ0v) is 19.2. The fourth-order valence-corrected chi connectivity index (χ4v) is 4.41. The zero-order chi connectivity index (χ0) is 20.8. The molecule has 0 saturated carbocycles. The van der Waals surface area contributed by atoms with E-state index in [1.54, 1.807) is 0 Å². The minimum atomic E-state index is -0.0653. The Kier molecular flexibility index (Phi) is 7.18. The average molecular weight is 510 g/mol. The van der Waals surface area contributed by atoms with Crippen LogP contribution < -0.4 is 5.32 Å². The summed E-state index contributed by atoms with van der Waals surface area (Å²) in [5.74, 6) is 0.723. The Morgan fingerprint density at radius 3 is 2.20 bits per heavy atom. The Morgan fingerprint density at radius 1 is 0.867 bits per heavy atom. The molecule has 1 fully saturated rings. The van der Waals surface area contributed by atoms with Gasteiger partial charge >= 0.3 is 0 Å². The van der Waals surface area contributed by atoms with Crippen molar-refractivity contribution < 1.29 is 4.79 Å². The van der Waals surface area contributed by atoms with Crippen LogP contribution in [-0.2, 0) is 13.0 Å². The normalized spacial score (nSPS) is 15.1. The van der Waals surface area contributed by atoms with E-state index in [0.29, 0.717) is 5.56 Å². The number of anilines is 1. The lowest BCUT2D eigenvalue weighted by Gasteiger charge is -2.32. The van der Waals surface area contributed by atoms with Gasteiger partial charge in [0, 0.05) is 21.4 Å². The van der Waals surface area contributed by atoms with Crippen LogP contribution in [0.4, 0.5) is 5.69 Å². The topological polar surface area (TPSA) is 32.3 Å². The molecule has 0 aromatic heterocycles. The second-order valence-electron chi connectivity index (χ2n) is 8.07. The van der Waals surface area contributed by atoms with Gasteiger partial charge in [0.2, 0.25) is 0 Å². The van der Waals surface area contributed by atoms with Gasteiger partial charge in [-0.1, -0.05) is 42.5 Å². The zero-order valence-electron chi connectivity index (χ0n) is 17.1. The fraction of sp³-hybridized carbons (Fsp3) is 0.269. The summed E-state index contributed by atoms with van der Waals surface area (Å²) in [5, 5.41) is 2.96. The lowest BCUT2D eigenvalue weighted by Crippen LogP contribution is -2.33. The van der Waals surface area contributed by atoms with Gasteiger partial charge in [-0.3, -0.25) is 9.69 Å². The standard InChI is InChI=1S/C26H27IN2O/c27-24-10-12-25(13-11-24)28-26(30)23-8-6-22(7-9-23)19-29-16-14-21(15-17-29)18-20-4-2-1-3-5-20/h1-13,21H,14-19H2,(H,28,30). The molecule has 154 valence electrons. The maximum absolute atomic E-state index is 12.5. The molecule has 0 bridgehead atoms. The van der Waals surface area contributed by atoms with E-state index in [2.05, 4.69) is 75.3 Å². The number of carbonyl (C=O) groups is 1. The van der Waals surface area contributed by atoms with E-state index < -0.39 is 0 Å². The van der Waals surface area contributed by atoms with Crippen LogP contribution in [0.25, 0.3) is 0 Å². The van der Waals surface area contributed by atoms with Gasteiger partial charge in [-0.05, 0) is 108 Å². The Bertz CT molecular complexity index is 947. The second kappa shape index (κ2) is 10.2. The number of nitrogens with zero attached hydrogens (tertiary/aromatic N) is 1. The third-order valence-electron chi connectivity index (χ3n) is 5.80. The summed E-state index contributed by atoms with van der Waals surface area (Å²) in [6.45, 7) is 3.25. The molecule has 0 spiro atoms. The molecule has 0 atom stereocenters. The van der Waals surface area contributed by atoms with E-state index in [4.69, 9.17) is 0 Å². The summed E-state index contributed by atoms with van der Waals surface area (Å²) < 4.78 is 1.15. The highest BCUT2D eigenvalue weighted by molar-refractivity contribution is 14.1. The van der Waals surface area contributed by atoms with Crippen molar-refractivity contribution in [1.82, 2.24) is 4.90 Å². The van der Waals surface area contributed by atoms with E-state index in [1.807, 2.05) is 36.4 Å². The third-order valence-corrected chi connectivity index (χ3v) is 6.52. The first-order chi connectivity index (χ1) is 14.7. The fourth-order valence-electron chi connectivity index (χ4n) is 4.05.